The minimum absolute atomic E-state index is 0.0558. The van der Waals surface area contributed by atoms with Gasteiger partial charge < -0.3 is 10.2 Å². The topological polar surface area (TPSA) is 32.3 Å². The highest BCUT2D eigenvalue weighted by atomic mass is 32.1. The zero-order valence-electron chi connectivity index (χ0n) is 11.2. The van der Waals surface area contributed by atoms with E-state index in [1.807, 2.05) is 55.6 Å². The van der Waals surface area contributed by atoms with Gasteiger partial charge >= 0.3 is 6.03 Å². The molecule has 0 aliphatic carbocycles. The van der Waals surface area contributed by atoms with Crippen molar-refractivity contribution in [3.63, 3.8) is 0 Å². The largest absolute Gasteiger partial charge is 0.322 e. The minimum Gasteiger partial charge on any atom is -0.320 e. The lowest BCUT2D eigenvalue weighted by atomic mass is 10.2. The normalized spacial score (nSPS) is 10.2. The third-order valence-electron chi connectivity index (χ3n) is 2.90. The molecule has 1 heterocycles. The molecule has 19 heavy (non-hydrogen) atoms. The maximum Gasteiger partial charge on any atom is 0.322 e. The van der Waals surface area contributed by atoms with Crippen LogP contribution in [0.25, 0.3) is 0 Å². The molecule has 4 heteroatoms. The van der Waals surface area contributed by atoms with Crippen LogP contribution < -0.4 is 5.32 Å². The molecule has 0 saturated heterocycles. The fourth-order valence-corrected chi connectivity index (χ4v) is 2.48. The fourth-order valence-electron chi connectivity index (χ4n) is 1.76. The van der Waals surface area contributed by atoms with Gasteiger partial charge in [0, 0.05) is 17.1 Å². The van der Waals surface area contributed by atoms with Crippen molar-refractivity contribution in [2.45, 2.75) is 20.4 Å². The smallest absolute Gasteiger partial charge is 0.320 e. The van der Waals surface area contributed by atoms with E-state index < -0.39 is 0 Å². The van der Waals surface area contributed by atoms with Gasteiger partial charge in [-0.25, -0.2) is 4.79 Å². The Morgan fingerprint density at radius 3 is 2.58 bits per heavy atom. The first-order valence-corrected chi connectivity index (χ1v) is 7.22. The molecular formula is C15H18N2OS. The maximum absolute atomic E-state index is 12.2. The van der Waals surface area contributed by atoms with Crippen LogP contribution in [-0.4, -0.2) is 17.5 Å². The molecule has 0 aliphatic heterocycles. The molecule has 2 rings (SSSR count). The summed E-state index contributed by atoms with van der Waals surface area (Å²) in [5.74, 6) is 0. The van der Waals surface area contributed by atoms with Crippen molar-refractivity contribution in [1.29, 1.82) is 0 Å². The summed E-state index contributed by atoms with van der Waals surface area (Å²) in [6.07, 6.45) is 0. The van der Waals surface area contributed by atoms with Crippen molar-refractivity contribution in [1.82, 2.24) is 4.90 Å². The highest BCUT2D eigenvalue weighted by Crippen LogP contribution is 2.14. The molecule has 1 aromatic heterocycles. The predicted octanol–water partition coefficient (Wildman–Crippen LogP) is 4.11. The molecule has 0 unspecified atom stereocenters. The molecule has 2 amide bonds. The summed E-state index contributed by atoms with van der Waals surface area (Å²) < 4.78 is 0. The molecule has 1 N–H and O–H groups in total. The zero-order valence-corrected chi connectivity index (χ0v) is 12.0. The van der Waals surface area contributed by atoms with Gasteiger partial charge in [-0.1, -0.05) is 23.8 Å². The maximum atomic E-state index is 12.2. The zero-order chi connectivity index (χ0) is 13.7. The lowest BCUT2D eigenvalue weighted by Gasteiger charge is -2.20. The van der Waals surface area contributed by atoms with Crippen molar-refractivity contribution >= 4 is 23.1 Å². The number of rotatable bonds is 4. The molecule has 0 bridgehead atoms. The van der Waals surface area contributed by atoms with Gasteiger partial charge in [0.05, 0.1) is 6.54 Å². The number of hydrogen-bond acceptors (Lipinski definition) is 2. The number of carbonyl (C=O) groups excluding carboxylic acids is 1. The lowest BCUT2D eigenvalue weighted by molar-refractivity contribution is 0.212. The second-order valence-electron chi connectivity index (χ2n) is 4.39. The average molecular weight is 274 g/mol. The SMILES string of the molecule is CCN(Cc1cccs1)C(=O)Nc1ccc(C)cc1. The summed E-state index contributed by atoms with van der Waals surface area (Å²) in [5.41, 5.74) is 2.02. The first kappa shape index (κ1) is 13.6. The molecule has 0 fully saturated rings. The van der Waals surface area contributed by atoms with Crippen molar-refractivity contribution in [2.75, 3.05) is 11.9 Å². The molecular weight excluding hydrogens is 256 g/mol. The lowest BCUT2D eigenvalue weighted by Crippen LogP contribution is -2.34. The Bertz CT molecular complexity index is 520. The summed E-state index contributed by atoms with van der Waals surface area (Å²) in [4.78, 5) is 15.2. The van der Waals surface area contributed by atoms with E-state index in [0.29, 0.717) is 13.1 Å². The van der Waals surface area contributed by atoms with Crippen LogP contribution in [0.2, 0.25) is 0 Å². The number of nitrogens with zero attached hydrogens (tertiary/aromatic N) is 1. The molecule has 0 spiro atoms. The Kier molecular flexibility index (Phi) is 4.58. The number of carbonyl (C=O) groups is 1. The number of aryl methyl sites for hydroxylation is 1. The fraction of sp³-hybridized carbons (Fsp3) is 0.267. The minimum atomic E-state index is -0.0558. The number of urea groups is 1. The van der Waals surface area contributed by atoms with Crippen LogP contribution in [0, 0.1) is 6.92 Å². The highest BCUT2D eigenvalue weighted by molar-refractivity contribution is 7.09. The van der Waals surface area contributed by atoms with E-state index in [9.17, 15) is 4.79 Å². The molecule has 3 nitrogen and oxygen atoms in total. The van der Waals surface area contributed by atoms with Gasteiger partial charge in [0.25, 0.3) is 0 Å². The third-order valence-corrected chi connectivity index (χ3v) is 3.76. The first-order valence-electron chi connectivity index (χ1n) is 6.34. The Balaban J connectivity index is 1.98. The van der Waals surface area contributed by atoms with Crippen molar-refractivity contribution in [2.24, 2.45) is 0 Å². The summed E-state index contributed by atoms with van der Waals surface area (Å²) in [6, 6.07) is 11.8. The summed E-state index contributed by atoms with van der Waals surface area (Å²) in [6.45, 7) is 5.37. The van der Waals surface area contributed by atoms with E-state index in [1.54, 1.807) is 16.2 Å². The van der Waals surface area contributed by atoms with E-state index in [-0.39, 0.29) is 6.03 Å². The summed E-state index contributed by atoms with van der Waals surface area (Å²) >= 11 is 1.67. The Morgan fingerprint density at radius 1 is 1.26 bits per heavy atom. The molecule has 0 saturated carbocycles. The monoisotopic (exact) mass is 274 g/mol. The molecule has 1 aromatic carbocycles. The van der Waals surface area contributed by atoms with Crippen molar-refractivity contribution in [3.8, 4) is 0 Å². The van der Waals surface area contributed by atoms with E-state index in [4.69, 9.17) is 0 Å². The molecule has 0 radical (unpaired) electrons. The van der Waals surface area contributed by atoms with E-state index in [2.05, 4.69) is 5.32 Å². The number of hydrogen-bond donors (Lipinski definition) is 1. The van der Waals surface area contributed by atoms with E-state index >= 15 is 0 Å². The quantitative estimate of drug-likeness (QED) is 0.894. The predicted molar refractivity (Wildman–Crippen MR) is 80.6 cm³/mol. The van der Waals surface area contributed by atoms with E-state index in [0.717, 1.165) is 5.69 Å². The molecule has 2 aromatic rings. The van der Waals surface area contributed by atoms with Gasteiger partial charge in [-0.05, 0) is 37.4 Å². The van der Waals surface area contributed by atoms with Gasteiger partial charge in [0.1, 0.15) is 0 Å². The van der Waals surface area contributed by atoms with E-state index in [1.165, 1.54) is 10.4 Å². The van der Waals surface area contributed by atoms with Crippen LogP contribution in [0.5, 0.6) is 0 Å². The number of benzene rings is 1. The Hall–Kier alpha value is -1.81. The second-order valence-corrected chi connectivity index (χ2v) is 5.42. The van der Waals surface area contributed by atoms with Crippen LogP contribution in [0.3, 0.4) is 0 Å². The summed E-state index contributed by atoms with van der Waals surface area (Å²) in [5, 5.41) is 4.95. The molecule has 100 valence electrons. The average Bonchev–Trinajstić information content (AvgIpc) is 2.91. The molecule has 0 atom stereocenters. The molecule has 0 aliphatic rings. The van der Waals surface area contributed by atoms with Crippen LogP contribution in [0.4, 0.5) is 10.5 Å². The standard InChI is InChI=1S/C15H18N2OS/c1-3-17(11-14-5-4-10-19-14)15(18)16-13-8-6-12(2)7-9-13/h4-10H,3,11H2,1-2H3,(H,16,18). The van der Waals surface area contributed by atoms with Crippen molar-refractivity contribution in [3.05, 3.63) is 52.2 Å². The van der Waals surface area contributed by atoms with Crippen LogP contribution >= 0.6 is 11.3 Å². The van der Waals surface area contributed by atoms with Gasteiger partial charge in [0.15, 0.2) is 0 Å². The number of amides is 2. The number of anilines is 1. The van der Waals surface area contributed by atoms with Gasteiger partial charge in [-0.15, -0.1) is 11.3 Å². The summed E-state index contributed by atoms with van der Waals surface area (Å²) in [7, 11) is 0. The Morgan fingerprint density at radius 2 is 2.00 bits per heavy atom. The number of thiophene rings is 1. The number of nitrogens with one attached hydrogen (secondary N) is 1. The van der Waals surface area contributed by atoms with Crippen molar-refractivity contribution < 1.29 is 4.79 Å². The third kappa shape index (κ3) is 3.83. The van der Waals surface area contributed by atoms with Crippen LogP contribution in [0.15, 0.2) is 41.8 Å². The van der Waals surface area contributed by atoms with Crippen LogP contribution in [-0.2, 0) is 6.54 Å². The second kappa shape index (κ2) is 6.38. The van der Waals surface area contributed by atoms with Gasteiger partial charge in [0.2, 0.25) is 0 Å². The van der Waals surface area contributed by atoms with Gasteiger partial charge in [-0.3, -0.25) is 0 Å². The van der Waals surface area contributed by atoms with Crippen LogP contribution in [0.1, 0.15) is 17.4 Å². The first-order chi connectivity index (χ1) is 9.19. The van der Waals surface area contributed by atoms with Gasteiger partial charge in [-0.2, -0.15) is 0 Å². The highest BCUT2D eigenvalue weighted by Gasteiger charge is 2.12. The Labute approximate surface area is 117 Å².